The predicted molar refractivity (Wildman–Crippen MR) is 84.3 cm³/mol. The Hall–Kier alpha value is -2.30. The molecule has 0 bridgehead atoms. The lowest BCUT2D eigenvalue weighted by Crippen LogP contribution is -2.31. The largest absolute Gasteiger partial charge is 0.368 e. The average molecular weight is 281 g/mol. The summed E-state index contributed by atoms with van der Waals surface area (Å²) in [5.41, 5.74) is 8.68. The second-order valence-electron chi connectivity index (χ2n) is 5.83. The molecule has 2 aliphatic rings. The third-order valence-electron chi connectivity index (χ3n) is 4.11. The maximum atomic E-state index is 5.87. The van der Waals surface area contributed by atoms with E-state index in [4.69, 9.17) is 5.73 Å². The van der Waals surface area contributed by atoms with Gasteiger partial charge in [-0.3, -0.25) is 0 Å². The summed E-state index contributed by atoms with van der Waals surface area (Å²) < 4.78 is 0. The highest BCUT2D eigenvalue weighted by Gasteiger charge is 2.23. The molecular formula is C16H19N5. The molecule has 3 N–H and O–H groups in total. The van der Waals surface area contributed by atoms with Gasteiger partial charge >= 0.3 is 0 Å². The first-order valence-corrected chi connectivity index (χ1v) is 7.51. The molecule has 1 saturated carbocycles. The molecule has 0 unspecified atom stereocenters. The summed E-state index contributed by atoms with van der Waals surface area (Å²) in [5, 5.41) is 3.40. The van der Waals surface area contributed by atoms with Crippen LogP contribution >= 0.6 is 0 Å². The van der Waals surface area contributed by atoms with Crippen molar-refractivity contribution in [3.05, 3.63) is 41.5 Å². The summed E-state index contributed by atoms with van der Waals surface area (Å²) >= 11 is 0. The van der Waals surface area contributed by atoms with Crippen molar-refractivity contribution in [3.63, 3.8) is 0 Å². The smallest absolute Gasteiger partial charge is 0.223 e. The maximum absolute atomic E-state index is 5.87. The van der Waals surface area contributed by atoms with E-state index in [-0.39, 0.29) is 0 Å². The Morgan fingerprint density at radius 1 is 1.14 bits per heavy atom. The van der Waals surface area contributed by atoms with Gasteiger partial charge < -0.3 is 16.0 Å². The van der Waals surface area contributed by atoms with E-state index in [0.717, 1.165) is 31.1 Å². The van der Waals surface area contributed by atoms with Gasteiger partial charge in [0.1, 0.15) is 11.6 Å². The van der Waals surface area contributed by atoms with Crippen molar-refractivity contribution in [2.24, 2.45) is 0 Å². The molecule has 108 valence electrons. The Kier molecular flexibility index (Phi) is 2.91. The molecule has 0 amide bonds. The Balaban J connectivity index is 1.60. The van der Waals surface area contributed by atoms with Gasteiger partial charge in [0.15, 0.2) is 0 Å². The third kappa shape index (κ3) is 2.63. The molecule has 1 aromatic carbocycles. The number of rotatable bonds is 3. The van der Waals surface area contributed by atoms with Gasteiger partial charge in [-0.25, -0.2) is 0 Å². The van der Waals surface area contributed by atoms with E-state index in [1.165, 1.54) is 24.0 Å². The standard InChI is InChI=1S/C16H19N5/c17-16-19-14(18-13-5-6-13)9-15(20-16)21-8-7-11-3-1-2-4-12(11)10-21/h1-4,9,13H,5-8,10H2,(H3,17,18,19,20). The van der Waals surface area contributed by atoms with Crippen LogP contribution in [0, 0.1) is 0 Å². The van der Waals surface area contributed by atoms with Crippen LogP contribution in [0.5, 0.6) is 0 Å². The number of aromatic nitrogens is 2. The van der Waals surface area contributed by atoms with E-state index >= 15 is 0 Å². The highest BCUT2D eigenvalue weighted by molar-refractivity contribution is 5.54. The summed E-state index contributed by atoms with van der Waals surface area (Å²) in [5.74, 6) is 2.11. The van der Waals surface area contributed by atoms with Crippen molar-refractivity contribution in [1.82, 2.24) is 9.97 Å². The molecule has 2 aromatic rings. The Morgan fingerprint density at radius 3 is 2.76 bits per heavy atom. The first kappa shape index (κ1) is 12.4. The van der Waals surface area contributed by atoms with E-state index in [2.05, 4.69) is 44.5 Å². The molecule has 0 radical (unpaired) electrons. The van der Waals surface area contributed by atoms with Crippen molar-refractivity contribution in [3.8, 4) is 0 Å². The second-order valence-corrected chi connectivity index (χ2v) is 5.83. The molecule has 4 rings (SSSR count). The number of anilines is 3. The average Bonchev–Trinajstić information content (AvgIpc) is 3.30. The number of nitrogens with one attached hydrogen (secondary N) is 1. The molecule has 2 heterocycles. The van der Waals surface area contributed by atoms with Crippen molar-refractivity contribution in [2.75, 3.05) is 22.5 Å². The lowest BCUT2D eigenvalue weighted by atomic mass is 10.00. The molecule has 1 fully saturated rings. The zero-order valence-corrected chi connectivity index (χ0v) is 11.9. The first-order chi connectivity index (χ1) is 10.3. The van der Waals surface area contributed by atoms with Gasteiger partial charge in [-0.1, -0.05) is 24.3 Å². The lowest BCUT2D eigenvalue weighted by molar-refractivity contribution is 0.720. The van der Waals surface area contributed by atoms with Gasteiger partial charge in [0, 0.05) is 25.2 Å². The fourth-order valence-corrected chi connectivity index (χ4v) is 2.82. The third-order valence-corrected chi connectivity index (χ3v) is 4.11. The minimum absolute atomic E-state index is 0.342. The van der Waals surface area contributed by atoms with Gasteiger partial charge in [0.2, 0.25) is 5.95 Å². The monoisotopic (exact) mass is 281 g/mol. The molecule has 1 aromatic heterocycles. The quantitative estimate of drug-likeness (QED) is 0.902. The van der Waals surface area contributed by atoms with E-state index in [1.807, 2.05) is 6.07 Å². The van der Waals surface area contributed by atoms with E-state index in [1.54, 1.807) is 0 Å². The molecule has 1 aliphatic heterocycles. The minimum Gasteiger partial charge on any atom is -0.368 e. The van der Waals surface area contributed by atoms with Crippen molar-refractivity contribution < 1.29 is 0 Å². The molecule has 0 spiro atoms. The van der Waals surface area contributed by atoms with Crippen LogP contribution in [0.25, 0.3) is 0 Å². The first-order valence-electron chi connectivity index (χ1n) is 7.51. The Labute approximate surface area is 124 Å². The second kappa shape index (κ2) is 4.91. The van der Waals surface area contributed by atoms with Crippen molar-refractivity contribution in [2.45, 2.75) is 31.8 Å². The zero-order chi connectivity index (χ0) is 14.2. The number of hydrogen-bond acceptors (Lipinski definition) is 5. The predicted octanol–water partition coefficient (Wildman–Crippen LogP) is 2.20. The van der Waals surface area contributed by atoms with Crippen LogP contribution in [0.2, 0.25) is 0 Å². The van der Waals surface area contributed by atoms with Gasteiger partial charge in [-0.05, 0) is 30.4 Å². The maximum Gasteiger partial charge on any atom is 0.223 e. The number of fused-ring (bicyclic) bond motifs is 1. The van der Waals surface area contributed by atoms with Gasteiger partial charge in [0.25, 0.3) is 0 Å². The van der Waals surface area contributed by atoms with Crippen LogP contribution in [0.15, 0.2) is 30.3 Å². The van der Waals surface area contributed by atoms with Crippen LogP contribution < -0.4 is 16.0 Å². The molecule has 5 nitrogen and oxygen atoms in total. The van der Waals surface area contributed by atoms with E-state index < -0.39 is 0 Å². The number of nitrogens with zero attached hydrogens (tertiary/aromatic N) is 3. The van der Waals surface area contributed by atoms with E-state index in [0.29, 0.717) is 12.0 Å². The lowest BCUT2D eigenvalue weighted by Gasteiger charge is -2.30. The topological polar surface area (TPSA) is 67.1 Å². The number of benzene rings is 1. The van der Waals surface area contributed by atoms with Crippen LogP contribution in [0.1, 0.15) is 24.0 Å². The van der Waals surface area contributed by atoms with Gasteiger partial charge in [-0.15, -0.1) is 0 Å². The molecule has 21 heavy (non-hydrogen) atoms. The van der Waals surface area contributed by atoms with E-state index in [9.17, 15) is 0 Å². The zero-order valence-electron chi connectivity index (χ0n) is 11.9. The molecule has 0 saturated heterocycles. The molecule has 5 heteroatoms. The Morgan fingerprint density at radius 2 is 1.95 bits per heavy atom. The molecule has 0 atom stereocenters. The summed E-state index contributed by atoms with van der Waals surface area (Å²) in [4.78, 5) is 11.0. The highest BCUT2D eigenvalue weighted by Crippen LogP contribution is 2.28. The fraction of sp³-hybridized carbons (Fsp3) is 0.375. The van der Waals surface area contributed by atoms with Crippen LogP contribution in [0.3, 0.4) is 0 Å². The molecule has 1 aliphatic carbocycles. The summed E-state index contributed by atoms with van der Waals surface area (Å²) in [6, 6.07) is 11.2. The summed E-state index contributed by atoms with van der Waals surface area (Å²) in [6.45, 7) is 1.85. The summed E-state index contributed by atoms with van der Waals surface area (Å²) in [7, 11) is 0. The number of hydrogen-bond donors (Lipinski definition) is 2. The van der Waals surface area contributed by atoms with Gasteiger partial charge in [-0.2, -0.15) is 9.97 Å². The number of nitrogen functional groups attached to an aromatic ring is 1. The normalized spacial score (nSPS) is 17.4. The van der Waals surface area contributed by atoms with Crippen LogP contribution in [0.4, 0.5) is 17.6 Å². The summed E-state index contributed by atoms with van der Waals surface area (Å²) in [6.07, 6.45) is 3.48. The molecular weight excluding hydrogens is 262 g/mol. The van der Waals surface area contributed by atoms with Crippen molar-refractivity contribution >= 4 is 17.6 Å². The fourth-order valence-electron chi connectivity index (χ4n) is 2.82. The van der Waals surface area contributed by atoms with Crippen LogP contribution in [-0.4, -0.2) is 22.6 Å². The van der Waals surface area contributed by atoms with Crippen molar-refractivity contribution in [1.29, 1.82) is 0 Å². The highest BCUT2D eigenvalue weighted by atomic mass is 15.2. The van der Waals surface area contributed by atoms with Gasteiger partial charge in [0.05, 0.1) is 0 Å². The Bertz CT molecular complexity index is 665. The minimum atomic E-state index is 0.342. The van der Waals surface area contributed by atoms with Crippen LogP contribution in [-0.2, 0) is 13.0 Å². The SMILES string of the molecule is Nc1nc(NC2CC2)cc(N2CCc3ccccc3C2)n1. The number of nitrogens with two attached hydrogens (primary N) is 1.